The Labute approximate surface area is 86.2 Å². The van der Waals surface area contributed by atoms with Crippen molar-refractivity contribution < 1.29 is 0 Å². The van der Waals surface area contributed by atoms with Crippen molar-refractivity contribution in [1.82, 2.24) is 19.6 Å². The summed E-state index contributed by atoms with van der Waals surface area (Å²) in [5.41, 5.74) is 3.14. The topological polar surface area (TPSA) is 43.1 Å². The molecule has 0 aliphatic carbocycles. The number of rotatable bonds is 1. The highest BCUT2D eigenvalue weighted by Gasteiger charge is 1.99. The van der Waals surface area contributed by atoms with Crippen LogP contribution in [0.3, 0.4) is 0 Å². The minimum absolute atomic E-state index is 0.995. The van der Waals surface area contributed by atoms with Crippen LogP contribution in [0.15, 0.2) is 49.3 Å². The molecule has 3 heterocycles. The van der Waals surface area contributed by atoms with Crippen LogP contribution in [-0.4, -0.2) is 19.6 Å². The molecular formula is C11H8N4. The Balaban J connectivity index is 2.19. The molecule has 0 N–H and O–H groups in total. The minimum atomic E-state index is 0.995. The van der Waals surface area contributed by atoms with Gasteiger partial charge in [-0.15, -0.1) is 0 Å². The Morgan fingerprint density at radius 1 is 0.933 bits per heavy atom. The van der Waals surface area contributed by atoms with E-state index in [4.69, 9.17) is 0 Å². The molecule has 0 radical (unpaired) electrons. The van der Waals surface area contributed by atoms with Gasteiger partial charge in [-0.2, -0.15) is 5.10 Å². The van der Waals surface area contributed by atoms with E-state index >= 15 is 0 Å². The Morgan fingerprint density at radius 2 is 1.80 bits per heavy atom. The normalized spacial score (nSPS) is 10.7. The first kappa shape index (κ1) is 8.11. The lowest BCUT2D eigenvalue weighted by Crippen LogP contribution is -1.88. The molecule has 0 aromatic carbocycles. The van der Waals surface area contributed by atoms with Crippen molar-refractivity contribution >= 4 is 5.52 Å². The third-order valence-electron chi connectivity index (χ3n) is 2.29. The molecule has 3 rings (SSSR count). The second kappa shape index (κ2) is 3.16. The predicted molar refractivity (Wildman–Crippen MR) is 56.2 cm³/mol. The van der Waals surface area contributed by atoms with Gasteiger partial charge in [0.25, 0.3) is 0 Å². The van der Waals surface area contributed by atoms with E-state index in [0.29, 0.717) is 0 Å². The van der Waals surface area contributed by atoms with E-state index in [2.05, 4.69) is 15.1 Å². The zero-order valence-corrected chi connectivity index (χ0v) is 7.91. The lowest BCUT2D eigenvalue weighted by Gasteiger charge is -2.00. The Bertz CT molecular complexity index is 586. The van der Waals surface area contributed by atoms with Crippen LogP contribution in [0.2, 0.25) is 0 Å². The molecule has 4 heteroatoms. The van der Waals surface area contributed by atoms with Crippen LogP contribution in [0.1, 0.15) is 0 Å². The number of pyridine rings is 1. The average Bonchev–Trinajstić information content (AvgIpc) is 2.77. The summed E-state index contributed by atoms with van der Waals surface area (Å²) in [4.78, 5) is 7.98. The lowest BCUT2D eigenvalue weighted by atomic mass is 10.1. The van der Waals surface area contributed by atoms with E-state index in [0.717, 1.165) is 16.6 Å². The third-order valence-corrected chi connectivity index (χ3v) is 2.29. The van der Waals surface area contributed by atoms with E-state index < -0.39 is 0 Å². The molecule has 15 heavy (non-hydrogen) atoms. The van der Waals surface area contributed by atoms with Gasteiger partial charge >= 0.3 is 0 Å². The molecule has 0 atom stereocenters. The first-order valence-corrected chi connectivity index (χ1v) is 4.62. The Morgan fingerprint density at radius 3 is 2.67 bits per heavy atom. The summed E-state index contributed by atoms with van der Waals surface area (Å²) in [6, 6.07) is 6.02. The van der Waals surface area contributed by atoms with Crippen LogP contribution in [-0.2, 0) is 0 Å². The first-order valence-electron chi connectivity index (χ1n) is 4.62. The minimum Gasteiger partial charge on any atom is -0.244 e. The summed E-state index contributed by atoms with van der Waals surface area (Å²) in [6.45, 7) is 0. The van der Waals surface area contributed by atoms with E-state index in [1.807, 2.05) is 28.9 Å². The molecular weight excluding hydrogens is 188 g/mol. The Kier molecular flexibility index (Phi) is 1.71. The molecule has 0 spiro atoms. The number of aromatic nitrogens is 4. The zero-order valence-electron chi connectivity index (χ0n) is 7.91. The van der Waals surface area contributed by atoms with Crippen molar-refractivity contribution in [3.63, 3.8) is 0 Å². The highest BCUT2D eigenvalue weighted by Crippen LogP contribution is 2.17. The van der Waals surface area contributed by atoms with Crippen LogP contribution in [0, 0.1) is 0 Å². The molecule has 4 nitrogen and oxygen atoms in total. The monoisotopic (exact) mass is 196 g/mol. The van der Waals surface area contributed by atoms with Crippen molar-refractivity contribution in [2.24, 2.45) is 0 Å². The summed E-state index contributed by atoms with van der Waals surface area (Å²) >= 11 is 0. The van der Waals surface area contributed by atoms with E-state index in [1.165, 1.54) is 6.33 Å². The highest BCUT2D eigenvalue weighted by molar-refractivity contribution is 5.63. The summed E-state index contributed by atoms with van der Waals surface area (Å²) in [6.07, 6.45) is 8.85. The molecule has 0 saturated heterocycles. The molecule has 3 aromatic heterocycles. The van der Waals surface area contributed by atoms with Gasteiger partial charge in [0.2, 0.25) is 0 Å². The van der Waals surface area contributed by atoms with Gasteiger partial charge in [0.1, 0.15) is 6.33 Å². The maximum absolute atomic E-state index is 4.18. The highest BCUT2D eigenvalue weighted by atomic mass is 15.2. The van der Waals surface area contributed by atoms with Crippen LogP contribution in [0.5, 0.6) is 0 Å². The molecule has 0 unspecified atom stereocenters. The SMILES string of the molecule is c1ncc(-c2ccc3ccnn3c2)cn1. The van der Waals surface area contributed by atoms with Crippen molar-refractivity contribution in [3.05, 3.63) is 49.3 Å². The summed E-state index contributed by atoms with van der Waals surface area (Å²) in [5, 5.41) is 4.18. The standard InChI is InChI=1S/C11H8N4/c1-2-11-3-4-14-15(11)7-9(1)10-5-12-8-13-6-10/h1-8H. The van der Waals surface area contributed by atoms with Crippen molar-refractivity contribution in [2.45, 2.75) is 0 Å². The maximum Gasteiger partial charge on any atom is 0.115 e. The van der Waals surface area contributed by atoms with Crippen LogP contribution in [0.25, 0.3) is 16.6 Å². The summed E-state index contributed by atoms with van der Waals surface area (Å²) in [5.74, 6) is 0. The van der Waals surface area contributed by atoms with Gasteiger partial charge in [-0.3, -0.25) is 0 Å². The fourth-order valence-corrected chi connectivity index (χ4v) is 1.53. The number of fused-ring (bicyclic) bond motifs is 1. The quantitative estimate of drug-likeness (QED) is 0.596. The van der Waals surface area contributed by atoms with E-state index in [9.17, 15) is 0 Å². The van der Waals surface area contributed by atoms with Crippen LogP contribution < -0.4 is 0 Å². The molecule has 0 fully saturated rings. The van der Waals surface area contributed by atoms with Gasteiger partial charge in [0, 0.05) is 35.9 Å². The van der Waals surface area contributed by atoms with Crippen LogP contribution in [0.4, 0.5) is 0 Å². The van der Waals surface area contributed by atoms with Crippen LogP contribution >= 0.6 is 0 Å². The fraction of sp³-hybridized carbons (Fsp3) is 0. The molecule has 0 saturated carbocycles. The third kappa shape index (κ3) is 1.36. The summed E-state index contributed by atoms with van der Waals surface area (Å²) in [7, 11) is 0. The summed E-state index contributed by atoms with van der Waals surface area (Å²) < 4.78 is 1.84. The van der Waals surface area contributed by atoms with Gasteiger partial charge < -0.3 is 0 Å². The molecule has 0 amide bonds. The van der Waals surface area contributed by atoms with Crippen molar-refractivity contribution in [2.75, 3.05) is 0 Å². The van der Waals surface area contributed by atoms with Gasteiger partial charge in [-0.25, -0.2) is 14.5 Å². The average molecular weight is 196 g/mol. The second-order valence-corrected chi connectivity index (χ2v) is 3.25. The smallest absolute Gasteiger partial charge is 0.115 e. The molecule has 0 aliphatic rings. The second-order valence-electron chi connectivity index (χ2n) is 3.25. The lowest BCUT2D eigenvalue weighted by molar-refractivity contribution is 0.962. The number of hydrogen-bond acceptors (Lipinski definition) is 3. The maximum atomic E-state index is 4.18. The molecule has 72 valence electrons. The van der Waals surface area contributed by atoms with Gasteiger partial charge in [-0.05, 0) is 12.1 Å². The van der Waals surface area contributed by atoms with E-state index in [-0.39, 0.29) is 0 Å². The van der Waals surface area contributed by atoms with E-state index in [1.54, 1.807) is 18.6 Å². The van der Waals surface area contributed by atoms with Gasteiger partial charge in [-0.1, -0.05) is 6.07 Å². The zero-order chi connectivity index (χ0) is 10.1. The van der Waals surface area contributed by atoms with Crippen molar-refractivity contribution in [3.8, 4) is 11.1 Å². The predicted octanol–water partition coefficient (Wildman–Crippen LogP) is 1.79. The van der Waals surface area contributed by atoms with Gasteiger partial charge in [0.15, 0.2) is 0 Å². The molecule has 3 aromatic rings. The van der Waals surface area contributed by atoms with Gasteiger partial charge in [0.05, 0.1) is 5.52 Å². The number of nitrogens with zero attached hydrogens (tertiary/aromatic N) is 4. The molecule has 0 bridgehead atoms. The number of hydrogen-bond donors (Lipinski definition) is 0. The largest absolute Gasteiger partial charge is 0.244 e. The molecule has 0 aliphatic heterocycles. The fourth-order valence-electron chi connectivity index (χ4n) is 1.53. The van der Waals surface area contributed by atoms with Crippen molar-refractivity contribution in [1.29, 1.82) is 0 Å². The first-order chi connectivity index (χ1) is 7.43. The Hall–Kier alpha value is -2.23.